The summed E-state index contributed by atoms with van der Waals surface area (Å²) in [4.78, 5) is 23.2. The Hall–Kier alpha value is -3.22. The number of fused-ring (bicyclic) bond motifs is 1. The van der Waals surface area contributed by atoms with Gasteiger partial charge in [-0.1, -0.05) is 24.3 Å². The number of benzene rings is 1. The average molecular weight is 348 g/mol. The van der Waals surface area contributed by atoms with Crippen molar-refractivity contribution in [2.75, 3.05) is 11.4 Å². The number of anilines is 1. The monoisotopic (exact) mass is 348 g/mol. The third-order valence-corrected chi connectivity index (χ3v) is 4.73. The summed E-state index contributed by atoms with van der Waals surface area (Å²) >= 11 is 0. The minimum absolute atomic E-state index is 0.00454. The molecule has 7 nitrogen and oxygen atoms in total. The molecule has 1 N–H and O–H groups in total. The van der Waals surface area contributed by atoms with Crippen molar-refractivity contribution in [2.45, 2.75) is 25.9 Å². The molecule has 1 atom stereocenters. The summed E-state index contributed by atoms with van der Waals surface area (Å²) in [6, 6.07) is 11.8. The molecule has 132 valence electrons. The van der Waals surface area contributed by atoms with Crippen molar-refractivity contribution in [3.05, 3.63) is 66.4 Å². The highest BCUT2D eigenvalue weighted by atomic mass is 16.2. The molecule has 2 aromatic heterocycles. The van der Waals surface area contributed by atoms with E-state index in [0.29, 0.717) is 12.4 Å². The molecule has 1 aliphatic rings. The molecule has 0 spiro atoms. The fraction of sp³-hybridized carbons (Fsp3) is 0.263. The van der Waals surface area contributed by atoms with Crippen LogP contribution in [0.5, 0.6) is 0 Å². The fourth-order valence-corrected chi connectivity index (χ4v) is 3.33. The van der Waals surface area contributed by atoms with Crippen molar-refractivity contribution in [1.29, 1.82) is 0 Å². The lowest BCUT2D eigenvalue weighted by molar-refractivity contribution is -0.122. The van der Waals surface area contributed by atoms with Crippen LogP contribution in [0.15, 0.2) is 55.2 Å². The van der Waals surface area contributed by atoms with Crippen LogP contribution < -0.4 is 10.2 Å². The normalized spacial score (nSPS) is 14.1. The molecule has 0 radical (unpaired) electrons. The SMILES string of the molecule is CC(C(=O)NCc1cccnc1-n1cncn1)N1CCc2ccccc21. The fourth-order valence-electron chi connectivity index (χ4n) is 3.33. The lowest BCUT2D eigenvalue weighted by Gasteiger charge is -2.26. The van der Waals surface area contributed by atoms with Crippen LogP contribution in [0.3, 0.4) is 0 Å². The van der Waals surface area contributed by atoms with Crippen LogP contribution in [0.2, 0.25) is 0 Å². The molecule has 0 bridgehead atoms. The maximum Gasteiger partial charge on any atom is 0.242 e. The van der Waals surface area contributed by atoms with Crippen molar-refractivity contribution in [3.8, 4) is 5.82 Å². The van der Waals surface area contributed by atoms with Crippen LogP contribution in [-0.4, -0.2) is 38.2 Å². The highest BCUT2D eigenvalue weighted by molar-refractivity contribution is 5.85. The van der Waals surface area contributed by atoms with Gasteiger partial charge in [0, 0.05) is 30.5 Å². The zero-order valence-electron chi connectivity index (χ0n) is 14.5. The lowest BCUT2D eigenvalue weighted by atomic mass is 10.1. The molecule has 1 unspecified atom stereocenters. The molecule has 3 aromatic rings. The summed E-state index contributed by atoms with van der Waals surface area (Å²) in [5.74, 6) is 0.666. The van der Waals surface area contributed by atoms with Gasteiger partial charge in [-0.3, -0.25) is 4.79 Å². The zero-order chi connectivity index (χ0) is 17.9. The molecule has 0 saturated heterocycles. The van der Waals surface area contributed by atoms with Crippen molar-refractivity contribution >= 4 is 11.6 Å². The van der Waals surface area contributed by atoms with E-state index in [1.54, 1.807) is 17.2 Å². The van der Waals surface area contributed by atoms with Gasteiger partial charge in [-0.05, 0) is 31.0 Å². The molecule has 0 saturated carbocycles. The zero-order valence-corrected chi connectivity index (χ0v) is 14.5. The minimum atomic E-state index is -0.231. The molecule has 0 aliphatic carbocycles. The second-order valence-electron chi connectivity index (χ2n) is 6.29. The topological polar surface area (TPSA) is 75.9 Å². The van der Waals surface area contributed by atoms with Gasteiger partial charge in [0.1, 0.15) is 18.7 Å². The van der Waals surface area contributed by atoms with Crippen LogP contribution in [0.1, 0.15) is 18.1 Å². The molecule has 4 rings (SSSR count). The smallest absolute Gasteiger partial charge is 0.242 e. The molecular weight excluding hydrogens is 328 g/mol. The summed E-state index contributed by atoms with van der Waals surface area (Å²) in [5, 5.41) is 7.15. The van der Waals surface area contributed by atoms with Crippen LogP contribution in [0, 0.1) is 0 Å². The Bertz CT molecular complexity index is 908. The second-order valence-corrected chi connectivity index (χ2v) is 6.29. The minimum Gasteiger partial charge on any atom is -0.359 e. The van der Waals surface area contributed by atoms with E-state index in [9.17, 15) is 4.79 Å². The predicted molar refractivity (Wildman–Crippen MR) is 98.0 cm³/mol. The van der Waals surface area contributed by atoms with E-state index in [-0.39, 0.29) is 11.9 Å². The van der Waals surface area contributed by atoms with E-state index in [2.05, 4.69) is 37.4 Å². The molecule has 26 heavy (non-hydrogen) atoms. The third kappa shape index (κ3) is 3.03. The average Bonchev–Trinajstić information content (AvgIpc) is 3.35. The van der Waals surface area contributed by atoms with E-state index in [4.69, 9.17) is 0 Å². The molecule has 1 aliphatic heterocycles. The first kappa shape index (κ1) is 16.3. The Morgan fingerprint density at radius 3 is 3.00 bits per heavy atom. The van der Waals surface area contributed by atoms with Gasteiger partial charge in [0.05, 0.1) is 0 Å². The largest absolute Gasteiger partial charge is 0.359 e. The van der Waals surface area contributed by atoms with E-state index in [0.717, 1.165) is 24.2 Å². The van der Waals surface area contributed by atoms with Gasteiger partial charge >= 0.3 is 0 Å². The molecule has 0 fully saturated rings. The Labute approximate surface area is 151 Å². The molecule has 1 amide bonds. The number of hydrogen-bond acceptors (Lipinski definition) is 5. The van der Waals surface area contributed by atoms with E-state index < -0.39 is 0 Å². The predicted octanol–water partition coefficient (Wildman–Crippen LogP) is 1.73. The van der Waals surface area contributed by atoms with Gasteiger partial charge < -0.3 is 10.2 Å². The summed E-state index contributed by atoms with van der Waals surface area (Å²) in [6.45, 7) is 3.20. The van der Waals surface area contributed by atoms with Gasteiger partial charge in [0.15, 0.2) is 5.82 Å². The third-order valence-electron chi connectivity index (χ3n) is 4.73. The maximum atomic E-state index is 12.7. The quantitative estimate of drug-likeness (QED) is 0.760. The molecule has 7 heteroatoms. The lowest BCUT2D eigenvalue weighted by Crippen LogP contribution is -2.44. The van der Waals surface area contributed by atoms with Gasteiger partial charge in [0.2, 0.25) is 5.91 Å². The Morgan fingerprint density at radius 1 is 1.27 bits per heavy atom. The van der Waals surface area contributed by atoms with E-state index in [1.807, 2.05) is 31.2 Å². The van der Waals surface area contributed by atoms with Gasteiger partial charge in [0.25, 0.3) is 0 Å². The number of nitrogens with one attached hydrogen (secondary N) is 1. The number of para-hydroxylation sites is 1. The number of pyridine rings is 1. The summed E-state index contributed by atoms with van der Waals surface area (Å²) in [6.07, 6.45) is 5.74. The van der Waals surface area contributed by atoms with Crippen molar-refractivity contribution in [1.82, 2.24) is 25.1 Å². The first-order valence-electron chi connectivity index (χ1n) is 8.65. The summed E-state index contributed by atoms with van der Waals surface area (Å²) in [5.41, 5.74) is 3.34. The van der Waals surface area contributed by atoms with Crippen LogP contribution >= 0.6 is 0 Å². The number of carbonyl (C=O) groups is 1. The van der Waals surface area contributed by atoms with Gasteiger partial charge in [-0.15, -0.1) is 0 Å². The van der Waals surface area contributed by atoms with Gasteiger partial charge in [-0.25, -0.2) is 14.6 Å². The standard InChI is InChI=1S/C19H20N6O/c1-14(24-10-8-15-5-2-3-7-17(15)24)19(26)22-11-16-6-4-9-21-18(16)25-13-20-12-23-25/h2-7,9,12-14H,8,10-11H2,1H3,(H,22,26). The number of rotatable bonds is 5. The first-order chi connectivity index (χ1) is 12.7. The Kier molecular flexibility index (Phi) is 4.35. The number of hydrogen-bond donors (Lipinski definition) is 1. The second kappa shape index (κ2) is 6.95. The van der Waals surface area contributed by atoms with Crippen LogP contribution in [0.25, 0.3) is 5.82 Å². The van der Waals surface area contributed by atoms with Crippen molar-refractivity contribution < 1.29 is 4.79 Å². The maximum absolute atomic E-state index is 12.7. The molecule has 3 heterocycles. The highest BCUT2D eigenvalue weighted by Gasteiger charge is 2.27. The van der Waals surface area contributed by atoms with Crippen LogP contribution in [-0.2, 0) is 17.8 Å². The van der Waals surface area contributed by atoms with Crippen molar-refractivity contribution in [3.63, 3.8) is 0 Å². The summed E-state index contributed by atoms with van der Waals surface area (Å²) < 4.78 is 1.60. The van der Waals surface area contributed by atoms with Crippen molar-refractivity contribution in [2.24, 2.45) is 0 Å². The number of aromatic nitrogens is 4. The molecule has 1 aromatic carbocycles. The molecular formula is C19H20N6O. The highest BCUT2D eigenvalue weighted by Crippen LogP contribution is 2.29. The first-order valence-corrected chi connectivity index (χ1v) is 8.65. The number of carbonyl (C=O) groups excluding carboxylic acids is 1. The number of amides is 1. The Morgan fingerprint density at radius 2 is 2.15 bits per heavy atom. The Balaban J connectivity index is 1.45. The van der Waals surface area contributed by atoms with E-state index >= 15 is 0 Å². The number of nitrogens with zero attached hydrogens (tertiary/aromatic N) is 5. The van der Waals surface area contributed by atoms with E-state index in [1.165, 1.54) is 11.9 Å². The van der Waals surface area contributed by atoms with Gasteiger partial charge in [-0.2, -0.15) is 5.10 Å². The summed E-state index contributed by atoms with van der Waals surface area (Å²) in [7, 11) is 0. The van der Waals surface area contributed by atoms with Crippen LogP contribution in [0.4, 0.5) is 5.69 Å².